The molecule has 1 aromatic carbocycles. The number of carbonyl (C=O) groups is 2. The molecule has 3 heterocycles. The van der Waals surface area contributed by atoms with Gasteiger partial charge in [-0.05, 0) is 29.8 Å². The van der Waals surface area contributed by atoms with Crippen molar-refractivity contribution in [2.45, 2.75) is 12.7 Å². The number of carbonyl (C=O) groups excluding carboxylic acids is 1. The van der Waals surface area contributed by atoms with Crippen LogP contribution in [0.25, 0.3) is 0 Å². The van der Waals surface area contributed by atoms with Gasteiger partial charge in [0.2, 0.25) is 5.88 Å². The van der Waals surface area contributed by atoms with Gasteiger partial charge in [-0.25, -0.2) is 14.6 Å². The van der Waals surface area contributed by atoms with Gasteiger partial charge in [-0.3, -0.25) is 4.90 Å². The van der Waals surface area contributed by atoms with Gasteiger partial charge in [-0.15, -0.1) is 0 Å². The number of carboxylic acid groups (broad SMARTS) is 1. The van der Waals surface area contributed by atoms with Crippen molar-refractivity contribution in [2.24, 2.45) is 0 Å². The second kappa shape index (κ2) is 9.51. The minimum atomic E-state index is -4.48. The number of ether oxygens (including phenoxy) is 1. The van der Waals surface area contributed by atoms with Crippen LogP contribution in [0.3, 0.4) is 0 Å². The minimum absolute atomic E-state index is 0.149. The fourth-order valence-electron chi connectivity index (χ4n) is 3.51. The van der Waals surface area contributed by atoms with Crippen LogP contribution in [0.1, 0.15) is 21.6 Å². The highest BCUT2D eigenvalue weighted by atomic mass is 19.4. The maximum Gasteiger partial charge on any atom is 0.416 e. The van der Waals surface area contributed by atoms with Crippen molar-refractivity contribution >= 4 is 12.0 Å². The second-order valence-corrected chi connectivity index (χ2v) is 7.63. The molecule has 1 amide bonds. The van der Waals surface area contributed by atoms with Crippen molar-refractivity contribution in [1.82, 2.24) is 24.6 Å². The molecule has 3 aromatic rings. The Hall–Kier alpha value is -3.93. The Morgan fingerprint density at radius 2 is 1.82 bits per heavy atom. The third-order valence-electron chi connectivity index (χ3n) is 5.24. The molecular weight excluding hydrogens is 455 g/mol. The fraction of sp³-hybridized carbons (Fsp3) is 0.273. The lowest BCUT2D eigenvalue weighted by molar-refractivity contribution is -0.137. The Kier molecular flexibility index (Phi) is 6.50. The number of pyridine rings is 1. The highest BCUT2D eigenvalue weighted by Crippen LogP contribution is 2.31. The number of rotatable bonds is 5. The fourth-order valence-corrected chi connectivity index (χ4v) is 3.51. The average Bonchev–Trinajstić information content (AvgIpc) is 3.30. The molecule has 9 nitrogen and oxygen atoms in total. The van der Waals surface area contributed by atoms with Gasteiger partial charge in [0.15, 0.2) is 5.69 Å². The molecule has 34 heavy (non-hydrogen) atoms. The molecule has 1 aliphatic heterocycles. The molecule has 1 fully saturated rings. The van der Waals surface area contributed by atoms with E-state index in [4.69, 9.17) is 9.84 Å². The quantitative estimate of drug-likeness (QED) is 0.602. The normalized spacial score (nSPS) is 14.7. The maximum atomic E-state index is 12.9. The number of hydrogen-bond donors (Lipinski definition) is 1. The van der Waals surface area contributed by atoms with E-state index in [2.05, 4.69) is 15.0 Å². The summed E-state index contributed by atoms with van der Waals surface area (Å²) in [7, 11) is 0. The summed E-state index contributed by atoms with van der Waals surface area (Å²) < 4.78 is 45.2. The zero-order chi connectivity index (χ0) is 24.3. The van der Waals surface area contributed by atoms with Crippen molar-refractivity contribution in [3.05, 3.63) is 71.7 Å². The Bertz CT molecular complexity index is 1190. The molecular formula is C22H20F3N5O4. The molecule has 1 saturated heterocycles. The summed E-state index contributed by atoms with van der Waals surface area (Å²) in [5, 5.41) is 12.7. The smallest absolute Gasteiger partial charge is 0.416 e. The summed E-state index contributed by atoms with van der Waals surface area (Å²) in [6.07, 6.45) is -2.11. The molecule has 0 atom stereocenters. The van der Waals surface area contributed by atoms with Crippen LogP contribution in [0.5, 0.6) is 11.6 Å². The standard InChI is InChI=1S/C22H20F3N5O4/c23-22(24,25)16-4-6-26-19(13-16)34-17-3-1-2-15(12-17)14-28-8-10-29(11-9-28)21(33)30-7-5-18(27-30)20(31)32/h1-7,12-13H,8-11,14H2,(H,31,32). The number of nitrogens with zero attached hydrogens (tertiary/aromatic N) is 5. The van der Waals surface area contributed by atoms with Crippen LogP contribution in [-0.4, -0.2) is 67.9 Å². The van der Waals surface area contributed by atoms with E-state index in [0.29, 0.717) is 38.5 Å². The Morgan fingerprint density at radius 3 is 2.50 bits per heavy atom. The van der Waals surface area contributed by atoms with Crippen molar-refractivity contribution in [1.29, 1.82) is 0 Å². The van der Waals surface area contributed by atoms with Gasteiger partial charge in [0.25, 0.3) is 0 Å². The zero-order valence-electron chi connectivity index (χ0n) is 17.8. The van der Waals surface area contributed by atoms with Crippen molar-refractivity contribution in [2.75, 3.05) is 26.2 Å². The first kappa shape index (κ1) is 23.2. The molecule has 4 rings (SSSR count). The molecule has 0 radical (unpaired) electrons. The first-order valence-electron chi connectivity index (χ1n) is 10.3. The largest absolute Gasteiger partial charge is 0.476 e. The third kappa shape index (κ3) is 5.52. The molecule has 178 valence electrons. The number of benzene rings is 1. The predicted molar refractivity (Wildman–Crippen MR) is 113 cm³/mol. The molecule has 12 heteroatoms. The maximum absolute atomic E-state index is 12.9. The van der Waals surface area contributed by atoms with E-state index in [1.54, 1.807) is 23.1 Å². The van der Waals surface area contributed by atoms with Crippen LogP contribution in [-0.2, 0) is 12.7 Å². The number of piperazine rings is 1. The van der Waals surface area contributed by atoms with Crippen molar-refractivity contribution in [3.8, 4) is 11.6 Å². The van der Waals surface area contributed by atoms with Crippen molar-refractivity contribution in [3.63, 3.8) is 0 Å². The van der Waals surface area contributed by atoms with Crippen LogP contribution < -0.4 is 4.74 Å². The molecule has 2 aromatic heterocycles. The van der Waals surface area contributed by atoms with Gasteiger partial charge < -0.3 is 14.7 Å². The monoisotopic (exact) mass is 475 g/mol. The number of aromatic nitrogens is 3. The summed E-state index contributed by atoms with van der Waals surface area (Å²) >= 11 is 0. The zero-order valence-corrected chi connectivity index (χ0v) is 17.8. The highest BCUT2D eigenvalue weighted by molar-refractivity contribution is 5.86. The molecule has 0 unspecified atom stereocenters. The molecule has 0 spiro atoms. The Morgan fingerprint density at radius 1 is 1.06 bits per heavy atom. The summed E-state index contributed by atoms with van der Waals surface area (Å²) in [4.78, 5) is 31.0. The highest BCUT2D eigenvalue weighted by Gasteiger charge is 2.31. The van der Waals surface area contributed by atoms with Gasteiger partial charge in [0.1, 0.15) is 5.75 Å². The van der Waals surface area contributed by atoms with E-state index in [9.17, 15) is 22.8 Å². The van der Waals surface area contributed by atoms with Crippen LogP contribution in [0.2, 0.25) is 0 Å². The number of hydrogen-bond acceptors (Lipinski definition) is 6. The molecule has 0 saturated carbocycles. The van der Waals surface area contributed by atoms with E-state index in [0.717, 1.165) is 28.6 Å². The van der Waals surface area contributed by atoms with E-state index in [1.807, 2.05) is 6.07 Å². The van der Waals surface area contributed by atoms with Gasteiger partial charge >= 0.3 is 18.2 Å². The van der Waals surface area contributed by atoms with Crippen LogP contribution in [0.4, 0.5) is 18.0 Å². The van der Waals surface area contributed by atoms with Gasteiger partial charge in [-0.2, -0.15) is 23.0 Å². The lowest BCUT2D eigenvalue weighted by Crippen LogP contribution is -2.49. The van der Waals surface area contributed by atoms with Crippen LogP contribution in [0.15, 0.2) is 54.9 Å². The number of aromatic carboxylic acids is 1. The Balaban J connectivity index is 1.33. The van der Waals surface area contributed by atoms with Crippen molar-refractivity contribution < 1.29 is 32.6 Å². The first-order valence-corrected chi connectivity index (χ1v) is 10.3. The molecule has 0 aliphatic carbocycles. The predicted octanol–water partition coefficient (Wildman–Crippen LogP) is 3.57. The molecule has 1 N–H and O–H groups in total. The van der Waals surface area contributed by atoms with Gasteiger partial charge in [0, 0.05) is 51.2 Å². The summed E-state index contributed by atoms with van der Waals surface area (Å²) in [6, 6.07) is 9.59. The summed E-state index contributed by atoms with van der Waals surface area (Å²) in [5.41, 5.74) is -0.146. The number of amides is 1. The Labute approximate surface area is 192 Å². The number of alkyl halides is 3. The molecule has 0 bridgehead atoms. The summed E-state index contributed by atoms with van der Waals surface area (Å²) in [6.45, 7) is 2.59. The first-order chi connectivity index (χ1) is 16.2. The second-order valence-electron chi connectivity index (χ2n) is 7.63. The lowest BCUT2D eigenvalue weighted by Gasteiger charge is -2.34. The average molecular weight is 475 g/mol. The SMILES string of the molecule is O=C(O)c1ccn(C(=O)N2CCN(Cc3cccc(Oc4cc(C(F)(F)F)ccn4)c3)CC2)n1. The van der Waals surface area contributed by atoms with Crippen LogP contribution in [0, 0.1) is 0 Å². The van der Waals surface area contributed by atoms with E-state index in [-0.39, 0.29) is 11.6 Å². The van der Waals surface area contributed by atoms with Gasteiger partial charge in [0.05, 0.1) is 5.56 Å². The number of halogens is 3. The lowest BCUT2D eigenvalue weighted by atomic mass is 10.2. The van der Waals surface area contributed by atoms with E-state index < -0.39 is 23.7 Å². The third-order valence-corrected chi connectivity index (χ3v) is 5.24. The van der Waals surface area contributed by atoms with E-state index >= 15 is 0 Å². The molecule has 1 aliphatic rings. The minimum Gasteiger partial charge on any atom is -0.476 e. The number of carboxylic acids is 1. The summed E-state index contributed by atoms with van der Waals surface area (Å²) in [5.74, 6) is -0.985. The van der Waals surface area contributed by atoms with Crippen LogP contribution >= 0.6 is 0 Å². The van der Waals surface area contributed by atoms with E-state index in [1.165, 1.54) is 12.3 Å². The topological polar surface area (TPSA) is 101 Å². The van der Waals surface area contributed by atoms with Gasteiger partial charge in [-0.1, -0.05) is 12.1 Å².